The predicted molar refractivity (Wildman–Crippen MR) is 67.6 cm³/mol. The van der Waals surface area contributed by atoms with E-state index in [-0.39, 0.29) is 30.8 Å². The fourth-order valence-electron chi connectivity index (χ4n) is 2.59. The molecule has 0 radical (unpaired) electrons. The summed E-state index contributed by atoms with van der Waals surface area (Å²) in [4.78, 5) is 37.6. The second-order valence-electron chi connectivity index (χ2n) is 4.98. The molecule has 1 aromatic rings. The molecule has 0 spiro atoms. The summed E-state index contributed by atoms with van der Waals surface area (Å²) >= 11 is 0. The van der Waals surface area contributed by atoms with Gasteiger partial charge in [0.25, 0.3) is 5.91 Å². The normalized spacial score (nSPS) is 22.5. The minimum absolute atomic E-state index is 0.0249. The average Bonchev–Trinajstić information content (AvgIpc) is 3.14. The first-order chi connectivity index (χ1) is 9.65. The number of H-pyrrole nitrogens is 1. The van der Waals surface area contributed by atoms with Crippen molar-refractivity contribution in [2.75, 3.05) is 26.2 Å². The summed E-state index contributed by atoms with van der Waals surface area (Å²) in [5, 5.41) is 9.21. The molecular weight excluding hydrogens is 262 g/mol. The molecule has 4 amide bonds. The maximum Gasteiger partial charge on any atom is 0.325 e. The van der Waals surface area contributed by atoms with Crippen LogP contribution in [-0.2, 0) is 9.59 Å². The number of rotatable bonds is 3. The molecular formula is C12H15N5O3. The number of aromatic nitrogens is 2. The highest BCUT2D eigenvalue weighted by molar-refractivity contribution is 6.04. The van der Waals surface area contributed by atoms with Crippen molar-refractivity contribution >= 4 is 17.8 Å². The van der Waals surface area contributed by atoms with Gasteiger partial charge in [0, 0.05) is 30.9 Å². The average molecular weight is 277 g/mol. The van der Waals surface area contributed by atoms with E-state index in [2.05, 4.69) is 15.5 Å². The van der Waals surface area contributed by atoms with Crippen LogP contribution in [0.5, 0.6) is 0 Å². The van der Waals surface area contributed by atoms with Crippen LogP contribution in [0.3, 0.4) is 0 Å². The standard InChI is InChI=1S/C12H15N5O3/c18-10-5-13-12(20)17(10)7-11(19)16-4-2-8(6-16)9-1-3-14-15-9/h1,3,8H,2,4-7H2,(H,13,20)(H,14,15). The maximum absolute atomic E-state index is 12.1. The SMILES string of the molecule is O=C(CN1C(=O)CNC1=O)N1CCC(c2ccn[nH]2)C1. The van der Waals surface area contributed by atoms with E-state index in [1.54, 1.807) is 11.1 Å². The van der Waals surface area contributed by atoms with E-state index < -0.39 is 6.03 Å². The number of nitrogens with one attached hydrogen (secondary N) is 2. The summed E-state index contributed by atoms with van der Waals surface area (Å²) in [5.41, 5.74) is 1.01. The Bertz CT molecular complexity index is 525. The van der Waals surface area contributed by atoms with E-state index >= 15 is 0 Å². The Morgan fingerprint density at radius 3 is 2.95 bits per heavy atom. The van der Waals surface area contributed by atoms with Gasteiger partial charge in [0.2, 0.25) is 5.91 Å². The Morgan fingerprint density at radius 1 is 1.45 bits per heavy atom. The fraction of sp³-hybridized carbons (Fsp3) is 0.500. The van der Waals surface area contributed by atoms with Crippen LogP contribution >= 0.6 is 0 Å². The molecule has 3 heterocycles. The van der Waals surface area contributed by atoms with Crippen molar-refractivity contribution in [1.82, 2.24) is 25.3 Å². The Kier molecular flexibility index (Phi) is 3.13. The summed E-state index contributed by atoms with van der Waals surface area (Å²) in [6, 6.07) is 1.41. The molecule has 20 heavy (non-hydrogen) atoms. The summed E-state index contributed by atoms with van der Waals surface area (Å²) in [7, 11) is 0. The van der Waals surface area contributed by atoms with E-state index in [0.29, 0.717) is 13.1 Å². The smallest absolute Gasteiger partial charge is 0.325 e. The lowest BCUT2D eigenvalue weighted by atomic mass is 10.1. The largest absolute Gasteiger partial charge is 0.340 e. The number of imide groups is 1. The van der Waals surface area contributed by atoms with Crippen molar-refractivity contribution in [3.63, 3.8) is 0 Å². The molecule has 2 N–H and O–H groups in total. The van der Waals surface area contributed by atoms with Gasteiger partial charge < -0.3 is 10.2 Å². The Labute approximate surface area is 115 Å². The molecule has 1 atom stereocenters. The number of carbonyl (C=O) groups excluding carboxylic acids is 3. The number of nitrogens with zero attached hydrogens (tertiary/aromatic N) is 3. The number of hydrogen-bond acceptors (Lipinski definition) is 4. The zero-order valence-electron chi connectivity index (χ0n) is 10.8. The summed E-state index contributed by atoms with van der Waals surface area (Å²) < 4.78 is 0. The predicted octanol–water partition coefficient (Wildman–Crippen LogP) is -0.723. The molecule has 0 aromatic carbocycles. The van der Waals surface area contributed by atoms with Crippen molar-refractivity contribution in [3.8, 4) is 0 Å². The van der Waals surface area contributed by atoms with Gasteiger partial charge >= 0.3 is 6.03 Å². The van der Waals surface area contributed by atoms with Crippen LogP contribution in [0.15, 0.2) is 12.3 Å². The molecule has 2 aliphatic heterocycles. The summed E-state index contributed by atoms with van der Waals surface area (Å²) in [6.07, 6.45) is 2.54. The van der Waals surface area contributed by atoms with Crippen LogP contribution in [-0.4, -0.2) is 64.0 Å². The third-order valence-corrected chi connectivity index (χ3v) is 3.73. The minimum atomic E-state index is -0.493. The minimum Gasteiger partial charge on any atom is -0.340 e. The van der Waals surface area contributed by atoms with Crippen LogP contribution in [0.4, 0.5) is 4.79 Å². The van der Waals surface area contributed by atoms with E-state index in [0.717, 1.165) is 17.0 Å². The lowest BCUT2D eigenvalue weighted by molar-refractivity contribution is -0.135. The van der Waals surface area contributed by atoms with Gasteiger partial charge in [0.15, 0.2) is 0 Å². The van der Waals surface area contributed by atoms with E-state index in [9.17, 15) is 14.4 Å². The van der Waals surface area contributed by atoms with E-state index in [4.69, 9.17) is 0 Å². The molecule has 2 fully saturated rings. The molecule has 1 aromatic heterocycles. The Morgan fingerprint density at radius 2 is 2.30 bits per heavy atom. The molecule has 0 bridgehead atoms. The number of amides is 4. The van der Waals surface area contributed by atoms with Crippen molar-refractivity contribution in [3.05, 3.63) is 18.0 Å². The van der Waals surface area contributed by atoms with Crippen LogP contribution in [0.1, 0.15) is 18.0 Å². The van der Waals surface area contributed by atoms with E-state index in [1.165, 1.54) is 0 Å². The molecule has 2 aliphatic rings. The van der Waals surface area contributed by atoms with Gasteiger partial charge in [-0.2, -0.15) is 5.10 Å². The molecule has 1 unspecified atom stereocenters. The quantitative estimate of drug-likeness (QED) is 0.712. The zero-order chi connectivity index (χ0) is 14.1. The lowest BCUT2D eigenvalue weighted by Gasteiger charge is -2.19. The molecule has 0 aliphatic carbocycles. The number of carbonyl (C=O) groups is 3. The second-order valence-corrected chi connectivity index (χ2v) is 4.98. The van der Waals surface area contributed by atoms with Crippen LogP contribution in [0.25, 0.3) is 0 Å². The molecule has 106 valence electrons. The highest BCUT2D eigenvalue weighted by atomic mass is 16.2. The molecule has 8 heteroatoms. The molecule has 2 saturated heterocycles. The van der Waals surface area contributed by atoms with Crippen LogP contribution in [0.2, 0.25) is 0 Å². The highest BCUT2D eigenvalue weighted by Crippen LogP contribution is 2.25. The summed E-state index contributed by atoms with van der Waals surface area (Å²) in [6.45, 7) is 1.01. The molecule has 0 saturated carbocycles. The first-order valence-corrected chi connectivity index (χ1v) is 6.50. The van der Waals surface area contributed by atoms with Gasteiger partial charge in [-0.15, -0.1) is 0 Å². The molecule has 8 nitrogen and oxygen atoms in total. The zero-order valence-corrected chi connectivity index (χ0v) is 10.8. The van der Waals surface area contributed by atoms with Gasteiger partial charge in [-0.3, -0.25) is 19.6 Å². The summed E-state index contributed by atoms with van der Waals surface area (Å²) in [5.74, 6) is -0.311. The monoisotopic (exact) mass is 277 g/mol. The first kappa shape index (κ1) is 12.6. The number of hydrogen-bond donors (Lipinski definition) is 2. The number of urea groups is 1. The second kappa shape index (κ2) is 4.95. The van der Waals surface area contributed by atoms with E-state index in [1.807, 2.05) is 6.07 Å². The number of aromatic amines is 1. The maximum atomic E-state index is 12.1. The third-order valence-electron chi connectivity index (χ3n) is 3.73. The van der Waals surface area contributed by atoms with Crippen molar-refractivity contribution in [1.29, 1.82) is 0 Å². The molecule has 3 rings (SSSR count). The van der Waals surface area contributed by atoms with Crippen molar-refractivity contribution in [2.45, 2.75) is 12.3 Å². The topological polar surface area (TPSA) is 98.4 Å². The van der Waals surface area contributed by atoms with Gasteiger partial charge in [-0.1, -0.05) is 0 Å². The number of likely N-dealkylation sites (tertiary alicyclic amines) is 1. The van der Waals surface area contributed by atoms with Crippen molar-refractivity contribution in [2.24, 2.45) is 0 Å². The highest BCUT2D eigenvalue weighted by Gasteiger charge is 2.34. The fourth-order valence-corrected chi connectivity index (χ4v) is 2.59. The van der Waals surface area contributed by atoms with Crippen molar-refractivity contribution < 1.29 is 14.4 Å². The Hall–Kier alpha value is -2.38. The van der Waals surface area contributed by atoms with Crippen LogP contribution < -0.4 is 5.32 Å². The van der Waals surface area contributed by atoms with Gasteiger partial charge in [0.05, 0.1) is 6.54 Å². The first-order valence-electron chi connectivity index (χ1n) is 6.50. The third kappa shape index (κ3) is 2.24. The van der Waals surface area contributed by atoms with Gasteiger partial charge in [0.1, 0.15) is 6.54 Å². The van der Waals surface area contributed by atoms with Gasteiger partial charge in [-0.25, -0.2) is 4.79 Å². The lowest BCUT2D eigenvalue weighted by Crippen LogP contribution is -2.42. The Balaban J connectivity index is 1.59. The van der Waals surface area contributed by atoms with Gasteiger partial charge in [-0.05, 0) is 12.5 Å². The van der Waals surface area contributed by atoms with Crippen LogP contribution in [0, 0.1) is 0 Å².